The number of aliphatic imine (C=N–C) groups is 1. The van der Waals surface area contributed by atoms with Crippen LogP contribution in [0.2, 0.25) is 0 Å². The molecule has 1 aliphatic rings. The Labute approximate surface area is 149 Å². The molecule has 0 saturated heterocycles. The molecule has 122 valence electrons. The van der Waals surface area contributed by atoms with Crippen LogP contribution < -0.4 is 15.5 Å². The summed E-state index contributed by atoms with van der Waals surface area (Å²) in [5.41, 5.74) is 2.27. The largest absolute Gasteiger partial charge is 0.357 e. The van der Waals surface area contributed by atoms with E-state index >= 15 is 0 Å². The first kappa shape index (κ1) is 18.7. The van der Waals surface area contributed by atoms with Crippen LogP contribution in [0.4, 0.5) is 5.69 Å². The molecule has 0 bridgehead atoms. The molecule has 1 amide bonds. The number of hydrogen-bond acceptors (Lipinski definition) is 2. The van der Waals surface area contributed by atoms with Crippen molar-refractivity contribution in [2.45, 2.75) is 33.2 Å². The SMILES string of the molecule is CCNC(=NCC(=O)N1CCc2ccccc21)NC(C)C.I. The Hall–Kier alpha value is -1.31. The number of fused-ring (bicyclic) bond motifs is 1. The molecule has 1 aromatic rings. The molecule has 22 heavy (non-hydrogen) atoms. The fraction of sp³-hybridized carbons (Fsp3) is 0.500. The molecule has 0 spiro atoms. The van der Waals surface area contributed by atoms with Gasteiger partial charge in [0, 0.05) is 24.8 Å². The number of hydrogen-bond donors (Lipinski definition) is 2. The molecule has 0 saturated carbocycles. The van der Waals surface area contributed by atoms with Gasteiger partial charge in [-0.05, 0) is 38.8 Å². The van der Waals surface area contributed by atoms with E-state index in [-0.39, 0.29) is 42.5 Å². The van der Waals surface area contributed by atoms with Crippen LogP contribution in [-0.4, -0.2) is 37.5 Å². The van der Waals surface area contributed by atoms with E-state index in [9.17, 15) is 4.79 Å². The fourth-order valence-corrected chi connectivity index (χ4v) is 2.42. The summed E-state index contributed by atoms with van der Waals surface area (Å²) in [6.45, 7) is 7.80. The van der Waals surface area contributed by atoms with Gasteiger partial charge in [-0.1, -0.05) is 18.2 Å². The van der Waals surface area contributed by atoms with E-state index in [1.54, 1.807) is 0 Å². The van der Waals surface area contributed by atoms with Crippen LogP contribution in [0.5, 0.6) is 0 Å². The average Bonchev–Trinajstić information content (AvgIpc) is 2.88. The predicted octanol–water partition coefficient (Wildman–Crippen LogP) is 2.16. The summed E-state index contributed by atoms with van der Waals surface area (Å²) in [4.78, 5) is 18.6. The second-order valence-electron chi connectivity index (χ2n) is 5.42. The molecule has 0 aliphatic carbocycles. The molecule has 0 aromatic heterocycles. The van der Waals surface area contributed by atoms with Gasteiger partial charge in [0.2, 0.25) is 5.91 Å². The minimum atomic E-state index is 0. The first-order chi connectivity index (χ1) is 10.1. The van der Waals surface area contributed by atoms with Gasteiger partial charge in [0.1, 0.15) is 6.54 Å². The lowest BCUT2D eigenvalue weighted by Gasteiger charge is -2.17. The van der Waals surface area contributed by atoms with Gasteiger partial charge in [0.05, 0.1) is 0 Å². The summed E-state index contributed by atoms with van der Waals surface area (Å²) >= 11 is 0. The van der Waals surface area contributed by atoms with Crippen molar-refractivity contribution in [2.75, 3.05) is 24.5 Å². The molecule has 1 aromatic carbocycles. The molecule has 5 nitrogen and oxygen atoms in total. The topological polar surface area (TPSA) is 56.7 Å². The molecule has 6 heteroatoms. The minimum absolute atomic E-state index is 0. The van der Waals surface area contributed by atoms with Crippen LogP contribution >= 0.6 is 24.0 Å². The molecular weight excluding hydrogens is 391 g/mol. The second-order valence-corrected chi connectivity index (χ2v) is 5.42. The Morgan fingerprint density at radius 2 is 2.09 bits per heavy atom. The molecule has 0 fully saturated rings. The van der Waals surface area contributed by atoms with Crippen molar-refractivity contribution in [1.29, 1.82) is 0 Å². The average molecular weight is 416 g/mol. The third kappa shape index (κ3) is 4.86. The zero-order chi connectivity index (χ0) is 15.2. The van der Waals surface area contributed by atoms with Gasteiger partial charge in [-0.3, -0.25) is 4.79 Å². The zero-order valence-electron chi connectivity index (χ0n) is 13.4. The van der Waals surface area contributed by atoms with E-state index in [4.69, 9.17) is 0 Å². The summed E-state index contributed by atoms with van der Waals surface area (Å²) < 4.78 is 0. The van der Waals surface area contributed by atoms with E-state index in [0.29, 0.717) is 5.96 Å². The number of nitrogens with one attached hydrogen (secondary N) is 2. The standard InChI is InChI=1S/C16H24N4O.HI/c1-4-17-16(19-12(2)3)18-11-15(21)20-10-9-13-7-5-6-8-14(13)20;/h5-8,12H,4,9-11H2,1-3H3,(H2,17,18,19);1H. The molecule has 0 atom stereocenters. The number of carbonyl (C=O) groups is 1. The maximum atomic E-state index is 12.4. The number of carbonyl (C=O) groups excluding carboxylic acids is 1. The molecular formula is C16H25IN4O. The third-order valence-electron chi connectivity index (χ3n) is 3.33. The highest BCUT2D eigenvalue weighted by atomic mass is 127. The van der Waals surface area contributed by atoms with Crippen molar-refractivity contribution in [1.82, 2.24) is 10.6 Å². The van der Waals surface area contributed by atoms with E-state index < -0.39 is 0 Å². The van der Waals surface area contributed by atoms with E-state index in [0.717, 1.165) is 25.2 Å². The smallest absolute Gasteiger partial charge is 0.248 e. The van der Waals surface area contributed by atoms with E-state index in [1.165, 1.54) is 5.56 Å². The normalized spacial score (nSPS) is 13.6. The van der Waals surface area contributed by atoms with Gasteiger partial charge in [-0.25, -0.2) is 4.99 Å². The molecule has 2 N–H and O–H groups in total. The van der Waals surface area contributed by atoms with Crippen LogP contribution in [0.25, 0.3) is 0 Å². The van der Waals surface area contributed by atoms with E-state index in [2.05, 4.69) is 21.7 Å². The number of guanidine groups is 1. The summed E-state index contributed by atoms with van der Waals surface area (Å²) in [5.74, 6) is 0.731. The number of anilines is 1. The second kappa shape index (κ2) is 8.97. The highest BCUT2D eigenvalue weighted by Crippen LogP contribution is 2.27. The Balaban J connectivity index is 0.00000242. The molecule has 1 aliphatic heterocycles. The maximum Gasteiger partial charge on any atom is 0.248 e. The number of para-hydroxylation sites is 1. The number of halogens is 1. The van der Waals surface area contributed by atoms with Gasteiger partial charge in [0.15, 0.2) is 5.96 Å². The fourth-order valence-electron chi connectivity index (χ4n) is 2.42. The number of benzene rings is 1. The van der Waals surface area contributed by atoms with Crippen LogP contribution in [0.3, 0.4) is 0 Å². The summed E-state index contributed by atoms with van der Waals surface area (Å²) in [6, 6.07) is 8.35. The van der Waals surface area contributed by atoms with Gasteiger partial charge >= 0.3 is 0 Å². The monoisotopic (exact) mass is 416 g/mol. The number of rotatable bonds is 4. The summed E-state index contributed by atoms with van der Waals surface area (Å²) in [7, 11) is 0. The van der Waals surface area contributed by atoms with Gasteiger partial charge in [-0.2, -0.15) is 0 Å². The lowest BCUT2D eigenvalue weighted by molar-refractivity contribution is -0.117. The van der Waals surface area contributed by atoms with E-state index in [1.807, 2.05) is 43.9 Å². The third-order valence-corrected chi connectivity index (χ3v) is 3.33. The van der Waals surface area contributed by atoms with Gasteiger partial charge in [0.25, 0.3) is 0 Å². The van der Waals surface area contributed by atoms with Crippen molar-refractivity contribution in [3.05, 3.63) is 29.8 Å². The first-order valence-corrected chi connectivity index (χ1v) is 7.55. The maximum absolute atomic E-state index is 12.4. The van der Waals surface area contributed by atoms with Crippen molar-refractivity contribution in [3.8, 4) is 0 Å². The minimum Gasteiger partial charge on any atom is -0.357 e. The number of nitrogens with zero attached hydrogens (tertiary/aromatic N) is 2. The molecule has 2 rings (SSSR count). The molecule has 0 radical (unpaired) electrons. The molecule has 0 unspecified atom stereocenters. The lowest BCUT2D eigenvalue weighted by atomic mass is 10.2. The van der Waals surface area contributed by atoms with Gasteiger partial charge in [-0.15, -0.1) is 24.0 Å². The zero-order valence-corrected chi connectivity index (χ0v) is 15.8. The molecule has 1 heterocycles. The predicted molar refractivity (Wildman–Crippen MR) is 102 cm³/mol. The summed E-state index contributed by atoms with van der Waals surface area (Å²) in [6.07, 6.45) is 0.927. The number of amides is 1. The van der Waals surface area contributed by atoms with Crippen molar-refractivity contribution in [3.63, 3.8) is 0 Å². The Bertz CT molecular complexity index is 531. The highest BCUT2D eigenvalue weighted by molar-refractivity contribution is 14.0. The van der Waals surface area contributed by atoms with Crippen LogP contribution in [0, 0.1) is 0 Å². The van der Waals surface area contributed by atoms with Crippen molar-refractivity contribution < 1.29 is 4.79 Å². The van der Waals surface area contributed by atoms with Crippen molar-refractivity contribution in [2.24, 2.45) is 4.99 Å². The Kier molecular flexibility index (Phi) is 7.64. The van der Waals surface area contributed by atoms with Crippen molar-refractivity contribution >= 4 is 41.5 Å². The quantitative estimate of drug-likeness (QED) is 0.450. The lowest BCUT2D eigenvalue weighted by Crippen LogP contribution is -2.42. The first-order valence-electron chi connectivity index (χ1n) is 7.55. The summed E-state index contributed by atoms with van der Waals surface area (Å²) in [5, 5.41) is 6.36. The van der Waals surface area contributed by atoms with Crippen LogP contribution in [-0.2, 0) is 11.2 Å². The Morgan fingerprint density at radius 3 is 2.77 bits per heavy atom. The van der Waals surface area contributed by atoms with Crippen LogP contribution in [0.1, 0.15) is 26.3 Å². The van der Waals surface area contributed by atoms with Crippen LogP contribution in [0.15, 0.2) is 29.3 Å². The highest BCUT2D eigenvalue weighted by Gasteiger charge is 2.23. The Morgan fingerprint density at radius 1 is 1.36 bits per heavy atom. The van der Waals surface area contributed by atoms with Gasteiger partial charge < -0.3 is 15.5 Å².